The lowest BCUT2D eigenvalue weighted by Gasteiger charge is -2.21. The standard InChI is InChI=1S/C13H25NO4/c1-12(2,3)18-11(17)6-7-14-10(16)8-13(4,5)9-15/h15H,6-9H2,1-5H3,(H,14,16). The summed E-state index contributed by atoms with van der Waals surface area (Å²) >= 11 is 0. The van der Waals surface area contributed by atoms with E-state index in [1.807, 2.05) is 0 Å². The third-order valence-electron chi connectivity index (χ3n) is 2.14. The van der Waals surface area contributed by atoms with Crippen molar-refractivity contribution in [2.45, 2.75) is 53.1 Å². The van der Waals surface area contributed by atoms with Crippen molar-refractivity contribution in [1.29, 1.82) is 0 Å². The second-order valence-electron chi connectivity index (χ2n) is 6.19. The Balaban J connectivity index is 3.85. The summed E-state index contributed by atoms with van der Waals surface area (Å²) in [5.74, 6) is -0.498. The van der Waals surface area contributed by atoms with Gasteiger partial charge in [-0.25, -0.2) is 0 Å². The largest absolute Gasteiger partial charge is 0.460 e. The first-order chi connectivity index (χ1) is 8.06. The van der Waals surface area contributed by atoms with Gasteiger partial charge in [0.05, 0.1) is 6.42 Å². The first-order valence-corrected chi connectivity index (χ1v) is 6.15. The first kappa shape index (κ1) is 16.9. The number of hydrogen-bond donors (Lipinski definition) is 2. The molecule has 5 nitrogen and oxygen atoms in total. The molecule has 0 unspecified atom stereocenters. The number of carbonyl (C=O) groups is 2. The Morgan fingerprint density at radius 1 is 1.17 bits per heavy atom. The van der Waals surface area contributed by atoms with E-state index in [9.17, 15) is 9.59 Å². The molecule has 0 aliphatic rings. The van der Waals surface area contributed by atoms with Crippen molar-refractivity contribution in [3.05, 3.63) is 0 Å². The smallest absolute Gasteiger partial charge is 0.308 e. The van der Waals surface area contributed by atoms with Crippen LogP contribution in [0.25, 0.3) is 0 Å². The Kier molecular flexibility index (Phi) is 6.32. The molecule has 5 heteroatoms. The van der Waals surface area contributed by atoms with E-state index >= 15 is 0 Å². The topological polar surface area (TPSA) is 75.6 Å². The molecule has 0 fully saturated rings. The molecule has 106 valence electrons. The fourth-order valence-electron chi connectivity index (χ4n) is 1.25. The van der Waals surface area contributed by atoms with E-state index in [1.165, 1.54) is 0 Å². The van der Waals surface area contributed by atoms with Crippen LogP contribution in [0.15, 0.2) is 0 Å². The van der Waals surface area contributed by atoms with Crippen molar-refractivity contribution in [2.24, 2.45) is 5.41 Å². The average molecular weight is 259 g/mol. The molecule has 0 saturated carbocycles. The lowest BCUT2D eigenvalue weighted by molar-refractivity contribution is -0.154. The summed E-state index contributed by atoms with van der Waals surface area (Å²) in [7, 11) is 0. The summed E-state index contributed by atoms with van der Waals surface area (Å²) < 4.78 is 5.11. The predicted octanol–water partition coefficient (Wildman–Crippen LogP) is 1.24. The number of aliphatic hydroxyl groups is 1. The third-order valence-corrected chi connectivity index (χ3v) is 2.14. The second-order valence-corrected chi connectivity index (χ2v) is 6.19. The molecule has 0 aliphatic carbocycles. The molecule has 0 aliphatic heterocycles. The van der Waals surface area contributed by atoms with Crippen LogP contribution in [0.1, 0.15) is 47.5 Å². The molecule has 2 N–H and O–H groups in total. The van der Waals surface area contributed by atoms with E-state index in [4.69, 9.17) is 9.84 Å². The summed E-state index contributed by atoms with van der Waals surface area (Å²) in [4.78, 5) is 22.9. The lowest BCUT2D eigenvalue weighted by atomic mass is 9.90. The van der Waals surface area contributed by atoms with Crippen LogP contribution in [0, 0.1) is 5.41 Å². The maximum absolute atomic E-state index is 11.5. The van der Waals surface area contributed by atoms with Gasteiger partial charge in [0.25, 0.3) is 0 Å². The Labute approximate surface area is 109 Å². The van der Waals surface area contributed by atoms with Gasteiger partial charge in [0.1, 0.15) is 5.60 Å². The van der Waals surface area contributed by atoms with Gasteiger partial charge in [-0.1, -0.05) is 13.8 Å². The predicted molar refractivity (Wildman–Crippen MR) is 69.0 cm³/mol. The molecule has 18 heavy (non-hydrogen) atoms. The average Bonchev–Trinajstić information content (AvgIpc) is 2.13. The molecular weight excluding hydrogens is 234 g/mol. The normalized spacial score (nSPS) is 12.1. The van der Waals surface area contributed by atoms with Crippen molar-refractivity contribution in [1.82, 2.24) is 5.32 Å². The summed E-state index contributed by atoms with van der Waals surface area (Å²) in [6, 6.07) is 0. The van der Waals surface area contributed by atoms with Crippen LogP contribution >= 0.6 is 0 Å². The van der Waals surface area contributed by atoms with E-state index in [0.717, 1.165) is 0 Å². The highest BCUT2D eigenvalue weighted by molar-refractivity contribution is 5.77. The number of esters is 1. The maximum Gasteiger partial charge on any atom is 0.308 e. The summed E-state index contributed by atoms with van der Waals surface area (Å²) in [5, 5.41) is 11.7. The van der Waals surface area contributed by atoms with Crippen LogP contribution in [0.2, 0.25) is 0 Å². The maximum atomic E-state index is 11.5. The quantitative estimate of drug-likeness (QED) is 0.704. The van der Waals surface area contributed by atoms with Gasteiger partial charge in [-0.2, -0.15) is 0 Å². The number of hydrogen-bond acceptors (Lipinski definition) is 4. The van der Waals surface area contributed by atoms with Gasteiger partial charge in [0.2, 0.25) is 5.91 Å². The molecule has 0 rings (SSSR count). The van der Waals surface area contributed by atoms with Gasteiger partial charge in [-0.05, 0) is 26.2 Å². The third kappa shape index (κ3) is 8.98. The van der Waals surface area contributed by atoms with Crippen LogP contribution in [0.4, 0.5) is 0 Å². The highest BCUT2D eigenvalue weighted by Gasteiger charge is 2.21. The summed E-state index contributed by atoms with van der Waals surface area (Å²) in [6.07, 6.45) is 0.389. The van der Waals surface area contributed by atoms with Crippen LogP contribution in [-0.4, -0.2) is 35.7 Å². The molecule has 0 aromatic carbocycles. The number of nitrogens with one attached hydrogen (secondary N) is 1. The monoisotopic (exact) mass is 259 g/mol. The summed E-state index contributed by atoms with van der Waals surface area (Å²) in [6.45, 7) is 9.22. The number of amides is 1. The Hall–Kier alpha value is -1.10. The van der Waals surface area contributed by atoms with Crippen LogP contribution in [0.5, 0.6) is 0 Å². The number of aliphatic hydroxyl groups excluding tert-OH is 1. The zero-order valence-corrected chi connectivity index (χ0v) is 12.0. The van der Waals surface area contributed by atoms with E-state index in [0.29, 0.717) is 0 Å². The summed E-state index contributed by atoms with van der Waals surface area (Å²) in [5.41, 5.74) is -0.935. The van der Waals surface area contributed by atoms with Gasteiger partial charge >= 0.3 is 5.97 Å². The molecule has 1 amide bonds. The Morgan fingerprint density at radius 3 is 2.17 bits per heavy atom. The van der Waals surface area contributed by atoms with E-state index in [2.05, 4.69) is 5.32 Å². The molecular formula is C13H25NO4. The number of rotatable bonds is 6. The van der Waals surface area contributed by atoms with Crippen LogP contribution < -0.4 is 5.32 Å². The van der Waals surface area contributed by atoms with Gasteiger partial charge in [-0.15, -0.1) is 0 Å². The van der Waals surface area contributed by atoms with Gasteiger partial charge < -0.3 is 15.2 Å². The minimum absolute atomic E-state index is 0.0491. The molecule has 0 heterocycles. The second kappa shape index (κ2) is 6.73. The van der Waals surface area contributed by atoms with Crippen molar-refractivity contribution in [2.75, 3.05) is 13.2 Å². The van der Waals surface area contributed by atoms with E-state index in [-0.39, 0.29) is 37.9 Å². The van der Waals surface area contributed by atoms with Gasteiger partial charge in [0.15, 0.2) is 0 Å². The number of carbonyl (C=O) groups excluding carboxylic acids is 2. The molecule has 0 aromatic rings. The highest BCUT2D eigenvalue weighted by atomic mass is 16.6. The molecule has 0 aromatic heterocycles. The SMILES string of the molecule is CC(C)(CO)CC(=O)NCCC(=O)OC(C)(C)C. The Morgan fingerprint density at radius 2 is 1.72 bits per heavy atom. The van der Waals surface area contributed by atoms with E-state index in [1.54, 1.807) is 34.6 Å². The molecule has 0 radical (unpaired) electrons. The zero-order chi connectivity index (χ0) is 14.4. The van der Waals surface area contributed by atoms with Crippen LogP contribution in [-0.2, 0) is 14.3 Å². The van der Waals surface area contributed by atoms with Crippen LogP contribution in [0.3, 0.4) is 0 Å². The van der Waals surface area contributed by atoms with Gasteiger partial charge in [0, 0.05) is 19.6 Å². The zero-order valence-electron chi connectivity index (χ0n) is 12.0. The van der Waals surface area contributed by atoms with Crippen molar-refractivity contribution < 1.29 is 19.4 Å². The molecule has 0 saturated heterocycles. The van der Waals surface area contributed by atoms with Crippen molar-refractivity contribution in [3.63, 3.8) is 0 Å². The minimum Gasteiger partial charge on any atom is -0.460 e. The minimum atomic E-state index is -0.500. The number of ether oxygens (including phenoxy) is 1. The fourth-order valence-corrected chi connectivity index (χ4v) is 1.25. The van der Waals surface area contributed by atoms with Crippen molar-refractivity contribution >= 4 is 11.9 Å². The molecule has 0 bridgehead atoms. The highest BCUT2D eigenvalue weighted by Crippen LogP contribution is 2.18. The molecule has 0 spiro atoms. The lowest BCUT2D eigenvalue weighted by Crippen LogP contribution is -2.33. The van der Waals surface area contributed by atoms with Gasteiger partial charge in [-0.3, -0.25) is 9.59 Å². The Bertz CT molecular complexity index is 292. The van der Waals surface area contributed by atoms with Crippen molar-refractivity contribution in [3.8, 4) is 0 Å². The van der Waals surface area contributed by atoms with E-state index < -0.39 is 11.0 Å². The first-order valence-electron chi connectivity index (χ1n) is 6.15. The molecule has 0 atom stereocenters. The fraction of sp³-hybridized carbons (Fsp3) is 0.846.